The number of hydrogen-bond acceptors (Lipinski definition) is 3. The predicted octanol–water partition coefficient (Wildman–Crippen LogP) is 2.86. The lowest BCUT2D eigenvalue weighted by Gasteiger charge is -2.11. The van der Waals surface area contributed by atoms with Crippen LogP contribution in [0.25, 0.3) is 0 Å². The molecule has 0 bridgehead atoms. The number of alkyl halides is 3. The molecule has 0 saturated heterocycles. The lowest BCUT2D eigenvalue weighted by Crippen LogP contribution is -2.20. The third kappa shape index (κ3) is 2.45. The van der Waals surface area contributed by atoms with Crippen molar-refractivity contribution in [3.05, 3.63) is 16.1 Å². The van der Waals surface area contributed by atoms with Gasteiger partial charge in [-0.25, -0.2) is 4.98 Å². The molecule has 2 nitrogen and oxygen atoms in total. The molecular formula is C8H10F3NOS. The summed E-state index contributed by atoms with van der Waals surface area (Å²) in [6.45, 7) is 3.67. The Labute approximate surface area is 83.4 Å². The molecule has 0 aliphatic rings. The third-order valence-corrected chi connectivity index (χ3v) is 2.79. The van der Waals surface area contributed by atoms with Crippen LogP contribution in [0.4, 0.5) is 13.2 Å². The summed E-state index contributed by atoms with van der Waals surface area (Å²) in [6, 6.07) is 0. The fraction of sp³-hybridized carbons (Fsp3) is 0.625. The molecule has 1 heterocycles. The van der Waals surface area contributed by atoms with E-state index in [1.54, 1.807) is 0 Å². The summed E-state index contributed by atoms with van der Waals surface area (Å²) in [7, 11) is 0. The summed E-state index contributed by atoms with van der Waals surface area (Å²) in [5.41, 5.74) is -0.314. The maximum absolute atomic E-state index is 12.1. The van der Waals surface area contributed by atoms with Crippen molar-refractivity contribution in [3.63, 3.8) is 0 Å². The van der Waals surface area contributed by atoms with Crippen molar-refractivity contribution in [2.24, 2.45) is 0 Å². The molecule has 6 heteroatoms. The van der Waals surface area contributed by atoms with Crippen molar-refractivity contribution < 1.29 is 18.3 Å². The topological polar surface area (TPSA) is 33.1 Å². The van der Waals surface area contributed by atoms with Crippen molar-refractivity contribution in [2.45, 2.75) is 32.0 Å². The lowest BCUT2D eigenvalue weighted by atomic mass is 10.2. The van der Waals surface area contributed by atoms with Gasteiger partial charge < -0.3 is 5.11 Å². The number of thiazole rings is 1. The predicted molar refractivity (Wildman–Crippen MR) is 47.2 cm³/mol. The second-order valence-corrected chi connectivity index (χ2v) is 4.10. The molecule has 0 fully saturated rings. The van der Waals surface area contributed by atoms with Crippen molar-refractivity contribution in [3.8, 4) is 0 Å². The van der Waals surface area contributed by atoms with Gasteiger partial charge in [0.2, 0.25) is 0 Å². The van der Waals surface area contributed by atoms with E-state index in [0.717, 1.165) is 11.3 Å². The quantitative estimate of drug-likeness (QED) is 0.839. The highest BCUT2D eigenvalue weighted by molar-refractivity contribution is 7.09. The van der Waals surface area contributed by atoms with Crippen LogP contribution in [0.15, 0.2) is 5.38 Å². The molecule has 0 unspecified atom stereocenters. The fourth-order valence-electron chi connectivity index (χ4n) is 0.859. The highest BCUT2D eigenvalue weighted by Crippen LogP contribution is 2.33. The minimum absolute atomic E-state index is 0.0779. The van der Waals surface area contributed by atoms with Gasteiger partial charge in [0.05, 0.1) is 10.7 Å². The van der Waals surface area contributed by atoms with Gasteiger partial charge in [-0.05, 0) is 0 Å². The van der Waals surface area contributed by atoms with Gasteiger partial charge in [-0.2, -0.15) is 13.2 Å². The molecule has 0 aliphatic heterocycles. The van der Waals surface area contributed by atoms with E-state index in [9.17, 15) is 13.2 Å². The minimum Gasteiger partial charge on any atom is -0.378 e. The number of halogens is 3. The van der Waals surface area contributed by atoms with Crippen molar-refractivity contribution in [1.82, 2.24) is 4.98 Å². The van der Waals surface area contributed by atoms with Gasteiger partial charge in [-0.15, -0.1) is 11.3 Å². The average molecular weight is 225 g/mol. The molecule has 14 heavy (non-hydrogen) atoms. The Balaban J connectivity index is 2.87. The third-order valence-electron chi connectivity index (χ3n) is 1.62. The molecule has 0 radical (unpaired) electrons. The monoisotopic (exact) mass is 225 g/mol. The summed E-state index contributed by atoms with van der Waals surface area (Å²) in [4.78, 5) is 3.72. The summed E-state index contributed by atoms with van der Waals surface area (Å²) in [5.74, 6) is 0.0779. The number of rotatable bonds is 2. The first-order valence-corrected chi connectivity index (χ1v) is 4.90. The molecule has 80 valence electrons. The highest BCUT2D eigenvalue weighted by Gasteiger charge is 2.40. The first-order chi connectivity index (χ1) is 6.32. The van der Waals surface area contributed by atoms with Gasteiger partial charge >= 0.3 is 6.18 Å². The molecule has 0 amide bonds. The lowest BCUT2D eigenvalue weighted by molar-refractivity contribution is -0.207. The van der Waals surface area contributed by atoms with E-state index in [2.05, 4.69) is 4.98 Å². The van der Waals surface area contributed by atoms with Gasteiger partial charge in [-0.1, -0.05) is 13.8 Å². The van der Waals surface area contributed by atoms with Crippen LogP contribution in [0.3, 0.4) is 0 Å². The van der Waals surface area contributed by atoms with Crippen LogP contribution < -0.4 is 0 Å². The van der Waals surface area contributed by atoms with Gasteiger partial charge in [0.15, 0.2) is 6.10 Å². The zero-order chi connectivity index (χ0) is 10.9. The van der Waals surface area contributed by atoms with Crippen LogP contribution in [-0.4, -0.2) is 16.3 Å². The average Bonchev–Trinajstić information content (AvgIpc) is 2.48. The van der Waals surface area contributed by atoms with E-state index in [1.807, 2.05) is 13.8 Å². The van der Waals surface area contributed by atoms with Crippen LogP contribution in [0.2, 0.25) is 0 Å². The van der Waals surface area contributed by atoms with E-state index in [4.69, 9.17) is 5.11 Å². The minimum atomic E-state index is -4.64. The van der Waals surface area contributed by atoms with Crippen molar-refractivity contribution in [2.75, 3.05) is 0 Å². The molecule has 0 spiro atoms. The van der Waals surface area contributed by atoms with Crippen LogP contribution >= 0.6 is 11.3 Å². The van der Waals surface area contributed by atoms with Crippen LogP contribution in [0.5, 0.6) is 0 Å². The zero-order valence-electron chi connectivity index (χ0n) is 7.67. The second kappa shape index (κ2) is 3.86. The molecular weight excluding hydrogens is 215 g/mol. The first kappa shape index (κ1) is 11.5. The van der Waals surface area contributed by atoms with Crippen molar-refractivity contribution >= 4 is 11.3 Å². The van der Waals surface area contributed by atoms with Crippen LogP contribution in [-0.2, 0) is 0 Å². The Morgan fingerprint density at radius 1 is 1.43 bits per heavy atom. The Bertz CT molecular complexity index is 308. The number of aliphatic hydroxyl groups excluding tert-OH is 1. The Kier molecular flexibility index (Phi) is 3.16. The van der Waals surface area contributed by atoms with Crippen LogP contribution in [0, 0.1) is 0 Å². The molecule has 0 saturated carbocycles. The number of hydrogen-bond donors (Lipinski definition) is 1. The second-order valence-electron chi connectivity index (χ2n) is 3.21. The normalized spacial score (nSPS) is 14.8. The largest absolute Gasteiger partial charge is 0.420 e. The SMILES string of the molecule is CC(C)c1nc([C@@H](O)C(F)(F)F)cs1. The highest BCUT2D eigenvalue weighted by atomic mass is 32.1. The Hall–Kier alpha value is -0.620. The van der Waals surface area contributed by atoms with E-state index in [0.29, 0.717) is 5.01 Å². The molecule has 1 rings (SSSR count). The molecule has 1 aromatic rings. The van der Waals surface area contributed by atoms with Gasteiger partial charge in [0, 0.05) is 11.3 Å². The molecule has 1 aromatic heterocycles. The summed E-state index contributed by atoms with van der Waals surface area (Å²) >= 11 is 1.13. The Morgan fingerprint density at radius 2 is 2.00 bits per heavy atom. The summed E-state index contributed by atoms with van der Waals surface area (Å²) < 4.78 is 36.2. The van der Waals surface area contributed by atoms with Gasteiger partial charge in [0.1, 0.15) is 0 Å². The number of nitrogens with zero attached hydrogens (tertiary/aromatic N) is 1. The molecule has 1 N–H and O–H groups in total. The maximum Gasteiger partial charge on any atom is 0.420 e. The molecule has 0 aromatic carbocycles. The molecule has 1 atom stereocenters. The zero-order valence-corrected chi connectivity index (χ0v) is 8.49. The summed E-state index contributed by atoms with van der Waals surface area (Å²) in [5, 5.41) is 10.7. The first-order valence-electron chi connectivity index (χ1n) is 4.02. The summed E-state index contributed by atoms with van der Waals surface area (Å²) in [6.07, 6.45) is -7.10. The number of aromatic nitrogens is 1. The Morgan fingerprint density at radius 3 is 2.36 bits per heavy atom. The standard InChI is InChI=1S/C8H10F3NOS/c1-4(2)7-12-5(3-14-7)6(13)8(9,10)11/h3-4,6,13H,1-2H3/t6-/m1/s1. The maximum atomic E-state index is 12.1. The smallest absolute Gasteiger partial charge is 0.378 e. The van der Waals surface area contributed by atoms with E-state index in [-0.39, 0.29) is 11.6 Å². The number of aliphatic hydroxyl groups is 1. The van der Waals surface area contributed by atoms with E-state index >= 15 is 0 Å². The molecule has 0 aliphatic carbocycles. The van der Waals surface area contributed by atoms with E-state index in [1.165, 1.54) is 5.38 Å². The van der Waals surface area contributed by atoms with Crippen LogP contribution in [0.1, 0.15) is 36.6 Å². The van der Waals surface area contributed by atoms with Gasteiger partial charge in [0.25, 0.3) is 0 Å². The van der Waals surface area contributed by atoms with Gasteiger partial charge in [-0.3, -0.25) is 0 Å². The van der Waals surface area contributed by atoms with Crippen molar-refractivity contribution in [1.29, 1.82) is 0 Å². The van der Waals surface area contributed by atoms with E-state index < -0.39 is 12.3 Å². The fourth-order valence-corrected chi connectivity index (χ4v) is 1.71.